The molecule has 0 bridgehead atoms. The Kier molecular flexibility index (Phi) is 6.21. The second kappa shape index (κ2) is 6.96. The third-order valence-corrected chi connectivity index (χ3v) is 1.55. The Balaban J connectivity index is 3.51. The van der Waals surface area contributed by atoms with Crippen molar-refractivity contribution >= 4 is 11.9 Å². The molecule has 0 saturated carbocycles. The van der Waals surface area contributed by atoms with Gasteiger partial charge in [0.25, 0.3) is 0 Å². The van der Waals surface area contributed by atoms with Crippen LogP contribution in [0.25, 0.3) is 0 Å². The molecule has 8 N–H and O–H groups in total. The number of likely N-dealkylation sites (N-methyl/N-ethyl adjacent to an activating group) is 1. The normalized spacial score (nSPS) is 9.86. The van der Waals surface area contributed by atoms with Crippen LogP contribution in [-0.2, 0) is 0 Å². The van der Waals surface area contributed by atoms with Gasteiger partial charge in [-0.1, -0.05) is 0 Å². The van der Waals surface area contributed by atoms with Crippen molar-refractivity contribution in [3.05, 3.63) is 0 Å². The van der Waals surface area contributed by atoms with Crippen LogP contribution in [0.3, 0.4) is 0 Å². The summed E-state index contributed by atoms with van der Waals surface area (Å²) in [6.45, 7) is 2.72. The lowest BCUT2D eigenvalue weighted by Gasteiger charge is -2.13. The van der Waals surface area contributed by atoms with Gasteiger partial charge in [-0.3, -0.25) is 9.98 Å². The van der Waals surface area contributed by atoms with Gasteiger partial charge in [-0.2, -0.15) is 0 Å². The van der Waals surface area contributed by atoms with Crippen LogP contribution < -0.4 is 22.9 Å². The predicted molar refractivity (Wildman–Crippen MR) is 58.9 cm³/mol. The average Bonchev–Trinajstić information content (AvgIpc) is 2.02. The molecule has 7 heteroatoms. The minimum Gasteiger partial charge on any atom is -0.370 e. The molecule has 82 valence electrons. The van der Waals surface area contributed by atoms with Crippen molar-refractivity contribution in [2.45, 2.75) is 0 Å². The van der Waals surface area contributed by atoms with Crippen LogP contribution in [0.2, 0.25) is 0 Å². The number of rotatable bonds is 6. The molecule has 14 heavy (non-hydrogen) atoms. The van der Waals surface area contributed by atoms with Crippen LogP contribution in [0.4, 0.5) is 0 Å². The van der Waals surface area contributed by atoms with E-state index in [2.05, 4.69) is 9.98 Å². The molecule has 0 aromatic rings. The lowest BCUT2D eigenvalue weighted by molar-refractivity contribution is 0.354. The molecule has 0 aliphatic rings. The summed E-state index contributed by atoms with van der Waals surface area (Å²) in [7, 11) is 1.95. The fourth-order valence-corrected chi connectivity index (χ4v) is 0.811. The molecule has 0 heterocycles. The number of nitrogens with zero attached hydrogens (tertiary/aromatic N) is 3. The first-order valence-electron chi connectivity index (χ1n) is 4.31. The summed E-state index contributed by atoms with van der Waals surface area (Å²) in [5.41, 5.74) is 20.7. The van der Waals surface area contributed by atoms with Crippen LogP contribution in [-0.4, -0.2) is 50.0 Å². The molecule has 0 spiro atoms. The maximum absolute atomic E-state index is 5.17. The third-order valence-electron chi connectivity index (χ3n) is 1.55. The minimum atomic E-state index is 0.114. The van der Waals surface area contributed by atoms with E-state index in [4.69, 9.17) is 22.9 Å². The number of aliphatic imine (C=N–C) groups is 2. The van der Waals surface area contributed by atoms with Crippen molar-refractivity contribution in [3.8, 4) is 0 Å². The van der Waals surface area contributed by atoms with Crippen molar-refractivity contribution in [2.24, 2.45) is 32.9 Å². The highest BCUT2D eigenvalue weighted by molar-refractivity contribution is 5.75. The smallest absolute Gasteiger partial charge is 0.185 e. The summed E-state index contributed by atoms with van der Waals surface area (Å²) in [5.74, 6) is 0.227. The summed E-state index contributed by atoms with van der Waals surface area (Å²) in [6.07, 6.45) is 0. The second-order valence-corrected chi connectivity index (χ2v) is 2.92. The zero-order valence-corrected chi connectivity index (χ0v) is 8.48. The fraction of sp³-hybridized carbons (Fsp3) is 0.714. The lowest BCUT2D eigenvalue weighted by atomic mass is 10.5. The summed E-state index contributed by atoms with van der Waals surface area (Å²) in [6, 6.07) is 0. The fourth-order valence-electron chi connectivity index (χ4n) is 0.811. The van der Waals surface area contributed by atoms with Gasteiger partial charge in [0.1, 0.15) is 0 Å². The van der Waals surface area contributed by atoms with Crippen molar-refractivity contribution in [2.75, 3.05) is 33.2 Å². The van der Waals surface area contributed by atoms with Gasteiger partial charge in [0.2, 0.25) is 0 Å². The van der Waals surface area contributed by atoms with Gasteiger partial charge in [-0.05, 0) is 7.05 Å². The van der Waals surface area contributed by atoms with Crippen LogP contribution in [0.15, 0.2) is 9.98 Å². The van der Waals surface area contributed by atoms with Crippen molar-refractivity contribution in [1.82, 2.24) is 4.90 Å². The Labute approximate surface area is 83.8 Å². The Morgan fingerprint density at radius 2 is 1.29 bits per heavy atom. The van der Waals surface area contributed by atoms with E-state index in [1.165, 1.54) is 0 Å². The molecule has 0 amide bonds. The lowest BCUT2D eigenvalue weighted by Crippen LogP contribution is -2.29. The predicted octanol–water partition coefficient (Wildman–Crippen LogP) is -2.53. The van der Waals surface area contributed by atoms with E-state index in [1.54, 1.807) is 0 Å². The average molecular weight is 201 g/mol. The quantitative estimate of drug-likeness (QED) is 0.278. The zero-order valence-electron chi connectivity index (χ0n) is 8.48. The van der Waals surface area contributed by atoms with E-state index in [9.17, 15) is 0 Å². The van der Waals surface area contributed by atoms with E-state index < -0.39 is 0 Å². The molecule has 0 aliphatic heterocycles. The van der Waals surface area contributed by atoms with Gasteiger partial charge in [0.05, 0.1) is 13.1 Å². The zero-order chi connectivity index (χ0) is 11.0. The first kappa shape index (κ1) is 12.5. The highest BCUT2D eigenvalue weighted by Gasteiger charge is 1.95. The number of hydrogen-bond donors (Lipinski definition) is 4. The van der Waals surface area contributed by atoms with Crippen molar-refractivity contribution < 1.29 is 0 Å². The van der Waals surface area contributed by atoms with Crippen LogP contribution in [0, 0.1) is 0 Å². The summed E-state index contributed by atoms with van der Waals surface area (Å²) < 4.78 is 0. The van der Waals surface area contributed by atoms with E-state index in [1.807, 2.05) is 11.9 Å². The molecule has 0 unspecified atom stereocenters. The molecule has 0 rings (SSSR count). The van der Waals surface area contributed by atoms with Crippen LogP contribution in [0.1, 0.15) is 0 Å². The van der Waals surface area contributed by atoms with Crippen molar-refractivity contribution in [1.29, 1.82) is 0 Å². The Morgan fingerprint density at radius 3 is 1.57 bits per heavy atom. The molecule has 0 saturated heterocycles. The Hall–Kier alpha value is -1.50. The monoisotopic (exact) mass is 201 g/mol. The van der Waals surface area contributed by atoms with Crippen LogP contribution in [0.5, 0.6) is 0 Å². The maximum atomic E-state index is 5.17. The number of guanidine groups is 2. The summed E-state index contributed by atoms with van der Waals surface area (Å²) in [5, 5.41) is 0. The molecule has 0 atom stereocenters. The molecule has 7 nitrogen and oxygen atoms in total. The topological polar surface area (TPSA) is 132 Å². The molecule has 0 aromatic heterocycles. The van der Waals surface area contributed by atoms with Gasteiger partial charge >= 0.3 is 0 Å². The SMILES string of the molecule is CN(CCN=C(N)N)CCN=C(N)N. The molecule has 0 radical (unpaired) electrons. The third kappa shape index (κ3) is 8.60. The van der Waals surface area contributed by atoms with E-state index in [0.29, 0.717) is 13.1 Å². The highest BCUT2D eigenvalue weighted by atomic mass is 15.1. The van der Waals surface area contributed by atoms with E-state index >= 15 is 0 Å². The highest BCUT2D eigenvalue weighted by Crippen LogP contribution is 1.83. The first-order chi connectivity index (χ1) is 6.52. The maximum Gasteiger partial charge on any atom is 0.185 e. The Bertz CT molecular complexity index is 180. The summed E-state index contributed by atoms with van der Waals surface area (Å²) >= 11 is 0. The standard InChI is InChI=1S/C7H19N7/c1-14(4-2-12-6(8)9)5-3-13-7(10)11/h2-5H2,1H3,(H4,8,9,12)(H4,10,11,13). The number of hydrogen-bond acceptors (Lipinski definition) is 3. The second-order valence-electron chi connectivity index (χ2n) is 2.92. The van der Waals surface area contributed by atoms with Gasteiger partial charge in [-0.15, -0.1) is 0 Å². The van der Waals surface area contributed by atoms with E-state index in [-0.39, 0.29) is 11.9 Å². The van der Waals surface area contributed by atoms with Gasteiger partial charge < -0.3 is 27.8 Å². The van der Waals surface area contributed by atoms with Gasteiger partial charge in [0, 0.05) is 13.1 Å². The van der Waals surface area contributed by atoms with Crippen molar-refractivity contribution in [3.63, 3.8) is 0 Å². The van der Waals surface area contributed by atoms with E-state index in [0.717, 1.165) is 13.1 Å². The van der Waals surface area contributed by atoms with Gasteiger partial charge in [0.15, 0.2) is 11.9 Å². The molecule has 0 aromatic carbocycles. The minimum absolute atomic E-state index is 0.114. The number of nitrogens with two attached hydrogens (primary N) is 4. The molecular weight excluding hydrogens is 182 g/mol. The van der Waals surface area contributed by atoms with Gasteiger partial charge in [-0.25, -0.2) is 0 Å². The van der Waals surface area contributed by atoms with Crippen LogP contribution >= 0.6 is 0 Å². The summed E-state index contributed by atoms with van der Waals surface area (Å²) in [4.78, 5) is 9.75. The largest absolute Gasteiger partial charge is 0.370 e. The molecule has 0 aliphatic carbocycles. The molecular formula is C7H19N7. The Morgan fingerprint density at radius 1 is 0.929 bits per heavy atom. The first-order valence-corrected chi connectivity index (χ1v) is 4.31. The molecule has 0 fully saturated rings.